The molecule has 3 rings (SSSR count). The van der Waals surface area contributed by atoms with Gasteiger partial charge >= 0.3 is 0 Å². The quantitative estimate of drug-likeness (QED) is 0.837. The molecule has 0 radical (unpaired) electrons. The summed E-state index contributed by atoms with van der Waals surface area (Å²) in [7, 11) is -3.72. The molecule has 2 aliphatic rings. The summed E-state index contributed by atoms with van der Waals surface area (Å²) in [4.78, 5) is 14.9. The van der Waals surface area contributed by atoms with Crippen molar-refractivity contribution in [3.63, 3.8) is 0 Å². The maximum Gasteiger partial charge on any atom is 0.255 e. The predicted molar refractivity (Wildman–Crippen MR) is 93.7 cm³/mol. The van der Waals surface area contributed by atoms with Gasteiger partial charge in [0.15, 0.2) is 0 Å². The van der Waals surface area contributed by atoms with Crippen LogP contribution in [0, 0.1) is 5.92 Å². The smallest absolute Gasteiger partial charge is 0.255 e. The van der Waals surface area contributed by atoms with Gasteiger partial charge in [-0.15, -0.1) is 0 Å². The Labute approximate surface area is 148 Å². The summed E-state index contributed by atoms with van der Waals surface area (Å²) in [5.74, 6) is 0.0258. The number of likely N-dealkylation sites (tertiary alicyclic amines) is 1. The molecule has 2 saturated heterocycles. The molecule has 2 unspecified atom stereocenters. The molecular formula is C17H25N3O4S. The van der Waals surface area contributed by atoms with Crippen LogP contribution >= 0.6 is 0 Å². The van der Waals surface area contributed by atoms with Crippen molar-refractivity contribution in [1.29, 1.82) is 0 Å². The predicted octanol–water partition coefficient (Wildman–Crippen LogP) is 0.517. The van der Waals surface area contributed by atoms with Gasteiger partial charge in [-0.05, 0) is 37.9 Å². The number of nitrogens with zero attached hydrogens (tertiary/aromatic N) is 2. The first-order chi connectivity index (χ1) is 11.9. The molecule has 0 saturated carbocycles. The normalized spacial score (nSPS) is 25.3. The van der Waals surface area contributed by atoms with E-state index in [2.05, 4.69) is 0 Å². The number of carbonyl (C=O) groups is 1. The van der Waals surface area contributed by atoms with E-state index in [1.807, 2.05) is 6.92 Å². The third-order valence-corrected chi connectivity index (χ3v) is 6.92. The summed E-state index contributed by atoms with van der Waals surface area (Å²) < 4.78 is 32.6. The van der Waals surface area contributed by atoms with E-state index in [1.54, 1.807) is 23.1 Å². The number of nitrogens with two attached hydrogens (primary N) is 1. The third kappa shape index (κ3) is 3.57. The SMILES string of the molecule is CC1CC(CN)CN1C(=O)c1ccccc1S(=O)(=O)N1CCOCC1. The largest absolute Gasteiger partial charge is 0.379 e. The van der Waals surface area contributed by atoms with Crippen LogP contribution in [0.3, 0.4) is 0 Å². The van der Waals surface area contributed by atoms with E-state index < -0.39 is 10.0 Å². The van der Waals surface area contributed by atoms with Crippen LogP contribution in [0.15, 0.2) is 29.2 Å². The van der Waals surface area contributed by atoms with Gasteiger partial charge in [0.25, 0.3) is 5.91 Å². The number of benzene rings is 1. The minimum absolute atomic E-state index is 0.0557. The van der Waals surface area contributed by atoms with Gasteiger partial charge in [0, 0.05) is 25.7 Å². The van der Waals surface area contributed by atoms with Crippen molar-refractivity contribution >= 4 is 15.9 Å². The number of sulfonamides is 1. The lowest BCUT2D eigenvalue weighted by atomic mass is 10.1. The maximum atomic E-state index is 13.0. The Morgan fingerprint density at radius 3 is 2.60 bits per heavy atom. The van der Waals surface area contributed by atoms with E-state index in [0.29, 0.717) is 39.4 Å². The highest BCUT2D eigenvalue weighted by Gasteiger charge is 2.36. The molecule has 1 aromatic rings. The summed E-state index contributed by atoms with van der Waals surface area (Å²) in [6, 6.07) is 6.52. The molecule has 1 amide bonds. The molecule has 0 aliphatic carbocycles. The zero-order valence-electron chi connectivity index (χ0n) is 14.4. The van der Waals surface area contributed by atoms with Gasteiger partial charge in [-0.2, -0.15) is 4.31 Å². The fourth-order valence-electron chi connectivity index (χ4n) is 3.55. The van der Waals surface area contributed by atoms with Crippen molar-refractivity contribution in [2.24, 2.45) is 11.7 Å². The first-order valence-corrected chi connectivity index (χ1v) is 10.1. The van der Waals surface area contributed by atoms with Crippen molar-refractivity contribution in [1.82, 2.24) is 9.21 Å². The molecule has 2 heterocycles. The second-order valence-electron chi connectivity index (χ2n) is 6.66. The molecular weight excluding hydrogens is 342 g/mol. The topological polar surface area (TPSA) is 92.9 Å². The molecule has 2 fully saturated rings. The summed E-state index contributed by atoms with van der Waals surface area (Å²) in [5, 5.41) is 0. The van der Waals surface area contributed by atoms with Crippen molar-refractivity contribution in [2.75, 3.05) is 39.4 Å². The standard InChI is InChI=1S/C17H25N3O4S/c1-13-10-14(11-18)12-20(13)17(21)15-4-2-3-5-16(15)25(22,23)19-6-8-24-9-7-19/h2-5,13-14H,6-12,18H2,1H3. The monoisotopic (exact) mass is 367 g/mol. The first-order valence-electron chi connectivity index (χ1n) is 8.63. The van der Waals surface area contributed by atoms with Crippen molar-refractivity contribution in [3.8, 4) is 0 Å². The summed E-state index contributed by atoms with van der Waals surface area (Å²) in [6.45, 7) is 4.44. The highest BCUT2D eigenvalue weighted by molar-refractivity contribution is 7.89. The van der Waals surface area contributed by atoms with Crippen molar-refractivity contribution < 1.29 is 17.9 Å². The van der Waals surface area contributed by atoms with Gasteiger partial charge < -0.3 is 15.4 Å². The zero-order chi connectivity index (χ0) is 18.0. The molecule has 0 spiro atoms. The minimum atomic E-state index is -3.72. The molecule has 2 N–H and O–H groups in total. The second-order valence-corrected chi connectivity index (χ2v) is 8.56. The van der Waals surface area contributed by atoms with E-state index in [9.17, 15) is 13.2 Å². The maximum absolute atomic E-state index is 13.0. The molecule has 138 valence electrons. The molecule has 7 nitrogen and oxygen atoms in total. The summed E-state index contributed by atoms with van der Waals surface area (Å²) in [6.07, 6.45) is 0.848. The van der Waals surface area contributed by atoms with E-state index in [1.165, 1.54) is 10.4 Å². The lowest BCUT2D eigenvalue weighted by molar-refractivity contribution is 0.0721. The highest BCUT2D eigenvalue weighted by atomic mass is 32.2. The minimum Gasteiger partial charge on any atom is -0.379 e. The Kier molecular flexibility index (Phi) is 5.43. The lowest BCUT2D eigenvalue weighted by Gasteiger charge is -2.28. The van der Waals surface area contributed by atoms with Crippen LogP contribution < -0.4 is 5.73 Å². The molecule has 0 bridgehead atoms. The number of hydrogen-bond acceptors (Lipinski definition) is 5. The second kappa shape index (κ2) is 7.41. The van der Waals surface area contributed by atoms with Gasteiger partial charge in [-0.3, -0.25) is 4.79 Å². The van der Waals surface area contributed by atoms with Crippen LogP contribution in [0.2, 0.25) is 0 Å². The summed E-state index contributed by atoms with van der Waals surface area (Å²) in [5.41, 5.74) is 5.98. The molecule has 0 aromatic heterocycles. The molecule has 2 atom stereocenters. The van der Waals surface area contributed by atoms with Gasteiger partial charge in [-0.25, -0.2) is 8.42 Å². The zero-order valence-corrected chi connectivity index (χ0v) is 15.2. The number of rotatable bonds is 4. The molecule has 2 aliphatic heterocycles. The third-order valence-electron chi connectivity index (χ3n) is 4.96. The Hall–Kier alpha value is -1.48. The molecule has 1 aromatic carbocycles. The van der Waals surface area contributed by atoms with Crippen LogP contribution in [0.25, 0.3) is 0 Å². The van der Waals surface area contributed by atoms with E-state index in [0.717, 1.165) is 6.42 Å². The van der Waals surface area contributed by atoms with Gasteiger partial charge in [0.1, 0.15) is 0 Å². The van der Waals surface area contributed by atoms with Crippen LogP contribution in [0.4, 0.5) is 0 Å². The number of amides is 1. The van der Waals surface area contributed by atoms with Crippen LogP contribution in [-0.2, 0) is 14.8 Å². The van der Waals surface area contributed by atoms with E-state index in [-0.39, 0.29) is 28.3 Å². The average molecular weight is 367 g/mol. The van der Waals surface area contributed by atoms with Gasteiger partial charge in [-0.1, -0.05) is 12.1 Å². The molecule has 25 heavy (non-hydrogen) atoms. The van der Waals surface area contributed by atoms with Crippen LogP contribution in [-0.4, -0.2) is 69.0 Å². The lowest BCUT2D eigenvalue weighted by Crippen LogP contribution is -2.42. The average Bonchev–Trinajstić information content (AvgIpc) is 3.02. The fraction of sp³-hybridized carbons (Fsp3) is 0.588. The van der Waals surface area contributed by atoms with Crippen molar-refractivity contribution in [2.45, 2.75) is 24.3 Å². The molecule has 8 heteroatoms. The fourth-order valence-corrected chi connectivity index (χ4v) is 5.14. The van der Waals surface area contributed by atoms with Gasteiger partial charge in [0.05, 0.1) is 23.7 Å². The Bertz CT molecular complexity index is 731. The van der Waals surface area contributed by atoms with Crippen LogP contribution in [0.5, 0.6) is 0 Å². The first kappa shape index (κ1) is 18.3. The number of carbonyl (C=O) groups excluding carboxylic acids is 1. The van der Waals surface area contributed by atoms with E-state index in [4.69, 9.17) is 10.5 Å². The van der Waals surface area contributed by atoms with Crippen LogP contribution in [0.1, 0.15) is 23.7 Å². The Morgan fingerprint density at radius 1 is 1.28 bits per heavy atom. The Balaban J connectivity index is 1.92. The highest BCUT2D eigenvalue weighted by Crippen LogP contribution is 2.28. The number of morpholine rings is 1. The van der Waals surface area contributed by atoms with Gasteiger partial charge in [0.2, 0.25) is 10.0 Å². The number of ether oxygens (including phenoxy) is 1. The van der Waals surface area contributed by atoms with Crippen molar-refractivity contribution in [3.05, 3.63) is 29.8 Å². The number of hydrogen-bond donors (Lipinski definition) is 1. The summed E-state index contributed by atoms with van der Waals surface area (Å²) >= 11 is 0. The van der Waals surface area contributed by atoms with E-state index >= 15 is 0 Å². The Morgan fingerprint density at radius 2 is 1.96 bits per heavy atom.